The smallest absolute Gasteiger partial charge is 0.225 e. The van der Waals surface area contributed by atoms with Gasteiger partial charge in [0.1, 0.15) is 6.17 Å². The van der Waals surface area contributed by atoms with E-state index >= 15 is 0 Å². The Morgan fingerprint density at radius 1 is 0.917 bits per heavy atom. The first-order valence-corrected chi connectivity index (χ1v) is 8.76. The molecule has 3 nitrogen and oxygen atoms in total. The SMILES string of the molecule is O=C(Cc1ccccc1)N[C@H](NCCc1ccccc1)C(Cl)(Cl)Cl. The van der Waals surface area contributed by atoms with Gasteiger partial charge in [-0.15, -0.1) is 0 Å². The Hall–Kier alpha value is -1.26. The van der Waals surface area contributed by atoms with Crippen LogP contribution in [-0.2, 0) is 17.6 Å². The van der Waals surface area contributed by atoms with E-state index in [0.717, 1.165) is 12.0 Å². The number of alkyl halides is 3. The zero-order chi connectivity index (χ0) is 17.4. The number of rotatable bonds is 7. The van der Waals surface area contributed by atoms with Crippen molar-refractivity contribution in [2.75, 3.05) is 6.54 Å². The largest absolute Gasteiger partial charge is 0.336 e. The highest BCUT2D eigenvalue weighted by atomic mass is 35.6. The van der Waals surface area contributed by atoms with Crippen molar-refractivity contribution in [2.45, 2.75) is 22.8 Å². The zero-order valence-electron chi connectivity index (χ0n) is 13.0. The fourth-order valence-corrected chi connectivity index (χ4v) is 2.64. The molecule has 6 heteroatoms. The van der Waals surface area contributed by atoms with Gasteiger partial charge in [0.15, 0.2) is 0 Å². The van der Waals surface area contributed by atoms with Crippen molar-refractivity contribution in [1.29, 1.82) is 0 Å². The molecule has 0 fully saturated rings. The maximum atomic E-state index is 12.2. The van der Waals surface area contributed by atoms with Gasteiger partial charge >= 0.3 is 0 Å². The number of carbonyl (C=O) groups excluding carboxylic acids is 1. The summed E-state index contributed by atoms with van der Waals surface area (Å²) < 4.78 is -1.64. The van der Waals surface area contributed by atoms with Gasteiger partial charge in [0, 0.05) is 6.54 Å². The van der Waals surface area contributed by atoms with Gasteiger partial charge in [0.2, 0.25) is 9.70 Å². The average molecular weight is 386 g/mol. The van der Waals surface area contributed by atoms with Crippen molar-refractivity contribution in [3.05, 3.63) is 71.8 Å². The van der Waals surface area contributed by atoms with Crippen LogP contribution in [0.3, 0.4) is 0 Å². The van der Waals surface area contributed by atoms with E-state index in [1.165, 1.54) is 5.56 Å². The fourth-order valence-electron chi connectivity index (χ4n) is 2.25. The number of halogens is 3. The number of nitrogens with one attached hydrogen (secondary N) is 2. The summed E-state index contributed by atoms with van der Waals surface area (Å²) in [5.74, 6) is -0.204. The van der Waals surface area contributed by atoms with Crippen LogP contribution in [-0.4, -0.2) is 22.4 Å². The van der Waals surface area contributed by atoms with Gasteiger partial charge < -0.3 is 5.32 Å². The lowest BCUT2D eigenvalue weighted by Crippen LogP contribution is -2.54. The molecule has 0 radical (unpaired) electrons. The first kappa shape index (κ1) is 19.1. The molecule has 128 valence electrons. The summed E-state index contributed by atoms with van der Waals surface area (Å²) in [5.41, 5.74) is 2.08. The van der Waals surface area contributed by atoms with Gasteiger partial charge in [-0.25, -0.2) is 0 Å². The monoisotopic (exact) mass is 384 g/mol. The predicted octanol–water partition coefficient (Wildman–Crippen LogP) is 3.87. The summed E-state index contributed by atoms with van der Waals surface area (Å²) in [7, 11) is 0. The molecule has 1 atom stereocenters. The molecule has 24 heavy (non-hydrogen) atoms. The van der Waals surface area contributed by atoms with E-state index in [9.17, 15) is 4.79 Å². The van der Waals surface area contributed by atoms with Crippen LogP contribution in [0.1, 0.15) is 11.1 Å². The van der Waals surface area contributed by atoms with E-state index in [4.69, 9.17) is 34.8 Å². The maximum Gasteiger partial charge on any atom is 0.225 e. The highest BCUT2D eigenvalue weighted by molar-refractivity contribution is 6.68. The molecule has 0 aliphatic carbocycles. The van der Waals surface area contributed by atoms with Crippen molar-refractivity contribution in [3.8, 4) is 0 Å². The molecule has 0 spiro atoms. The molecule has 2 rings (SSSR count). The van der Waals surface area contributed by atoms with Crippen LogP contribution in [0.5, 0.6) is 0 Å². The normalized spacial score (nSPS) is 12.6. The van der Waals surface area contributed by atoms with Crippen LogP contribution in [0.25, 0.3) is 0 Å². The highest BCUT2D eigenvalue weighted by Crippen LogP contribution is 2.29. The molecule has 2 N–H and O–H groups in total. The summed E-state index contributed by atoms with van der Waals surface area (Å²) in [6, 6.07) is 19.4. The number of carbonyl (C=O) groups is 1. The van der Waals surface area contributed by atoms with E-state index in [1.807, 2.05) is 60.7 Å². The van der Waals surface area contributed by atoms with E-state index in [2.05, 4.69) is 10.6 Å². The number of hydrogen-bond acceptors (Lipinski definition) is 2. The van der Waals surface area contributed by atoms with Crippen molar-refractivity contribution >= 4 is 40.7 Å². The Balaban J connectivity index is 1.87. The Bertz CT molecular complexity index is 630. The third-order valence-corrected chi connectivity index (χ3v) is 4.10. The number of benzene rings is 2. The van der Waals surface area contributed by atoms with Gasteiger partial charge in [-0.2, -0.15) is 0 Å². The molecule has 1 amide bonds. The van der Waals surface area contributed by atoms with Gasteiger partial charge in [-0.3, -0.25) is 10.1 Å². The number of amides is 1. The van der Waals surface area contributed by atoms with Crippen molar-refractivity contribution in [2.24, 2.45) is 0 Å². The van der Waals surface area contributed by atoms with Gasteiger partial charge in [0.05, 0.1) is 6.42 Å². The summed E-state index contributed by atoms with van der Waals surface area (Å²) in [4.78, 5) is 12.2. The van der Waals surface area contributed by atoms with Crippen LogP contribution in [0.4, 0.5) is 0 Å². The van der Waals surface area contributed by atoms with Gasteiger partial charge in [0.25, 0.3) is 0 Å². The molecular formula is C18H19Cl3N2O. The van der Waals surface area contributed by atoms with Crippen molar-refractivity contribution < 1.29 is 4.79 Å². The molecule has 0 bridgehead atoms. The minimum atomic E-state index is -1.64. The fraction of sp³-hybridized carbons (Fsp3) is 0.278. The molecule has 0 unspecified atom stereocenters. The molecule has 0 saturated heterocycles. The zero-order valence-corrected chi connectivity index (χ0v) is 15.3. The lowest BCUT2D eigenvalue weighted by Gasteiger charge is -2.26. The Morgan fingerprint density at radius 2 is 1.46 bits per heavy atom. The molecule has 0 aliphatic heterocycles. The molecule has 2 aromatic carbocycles. The minimum absolute atomic E-state index is 0.204. The summed E-state index contributed by atoms with van der Waals surface area (Å²) in [6.07, 6.45) is 0.243. The molecular weight excluding hydrogens is 367 g/mol. The van der Waals surface area contributed by atoms with Gasteiger partial charge in [-0.1, -0.05) is 95.5 Å². The highest BCUT2D eigenvalue weighted by Gasteiger charge is 2.33. The second-order valence-electron chi connectivity index (χ2n) is 5.39. The molecule has 0 aromatic heterocycles. The van der Waals surface area contributed by atoms with Crippen molar-refractivity contribution in [1.82, 2.24) is 10.6 Å². The van der Waals surface area contributed by atoms with Crippen molar-refractivity contribution in [3.63, 3.8) is 0 Å². The lowest BCUT2D eigenvalue weighted by molar-refractivity contribution is -0.121. The maximum absolute atomic E-state index is 12.2. The van der Waals surface area contributed by atoms with Crippen LogP contribution in [0.15, 0.2) is 60.7 Å². The number of hydrogen-bond donors (Lipinski definition) is 2. The van der Waals surface area contributed by atoms with E-state index in [-0.39, 0.29) is 12.3 Å². The van der Waals surface area contributed by atoms with Gasteiger partial charge in [-0.05, 0) is 17.5 Å². The lowest BCUT2D eigenvalue weighted by atomic mass is 10.1. The van der Waals surface area contributed by atoms with Crippen LogP contribution < -0.4 is 10.6 Å². The average Bonchev–Trinajstić information content (AvgIpc) is 2.55. The Labute approximate surface area is 157 Å². The van der Waals surface area contributed by atoms with E-state index in [0.29, 0.717) is 6.54 Å². The topological polar surface area (TPSA) is 41.1 Å². The second-order valence-corrected chi connectivity index (χ2v) is 7.76. The molecule has 0 aliphatic rings. The summed E-state index contributed by atoms with van der Waals surface area (Å²) >= 11 is 17.9. The van der Waals surface area contributed by atoms with E-state index < -0.39 is 9.96 Å². The Kier molecular flexibility index (Phi) is 7.38. The standard InChI is InChI=1S/C18H19Cl3N2O/c19-18(20,21)17(22-12-11-14-7-3-1-4-8-14)23-16(24)13-15-9-5-2-6-10-15/h1-10,17,22H,11-13H2,(H,23,24)/t17-/m0/s1. The third-order valence-electron chi connectivity index (χ3n) is 3.45. The third kappa shape index (κ3) is 6.70. The second kappa shape index (κ2) is 9.28. The summed E-state index contributed by atoms with van der Waals surface area (Å²) in [6.45, 7) is 0.578. The van der Waals surface area contributed by atoms with E-state index in [1.54, 1.807) is 0 Å². The predicted molar refractivity (Wildman–Crippen MR) is 101 cm³/mol. The van der Waals surface area contributed by atoms with Crippen LogP contribution in [0.2, 0.25) is 0 Å². The Morgan fingerprint density at radius 3 is 2.00 bits per heavy atom. The van der Waals surface area contributed by atoms with Crippen LogP contribution >= 0.6 is 34.8 Å². The molecule has 2 aromatic rings. The quantitative estimate of drug-likeness (QED) is 0.561. The first-order valence-electron chi connectivity index (χ1n) is 7.62. The first-order chi connectivity index (χ1) is 11.4. The molecule has 0 saturated carbocycles. The molecule has 0 heterocycles. The summed E-state index contributed by atoms with van der Waals surface area (Å²) in [5, 5.41) is 5.84. The minimum Gasteiger partial charge on any atom is -0.336 e. The van der Waals surface area contributed by atoms with Crippen LogP contribution in [0, 0.1) is 0 Å².